The Morgan fingerprint density at radius 3 is 3.00 bits per heavy atom. The van der Waals surface area contributed by atoms with Gasteiger partial charge in [0.1, 0.15) is 6.54 Å². The standard InChI is InChI=1S/C12H19N3/c1-4-5-7-15-8-6-12(14-15)10-13-9-11(2)3/h6,8,11,13H,7,9-10H2,1-3H3. The van der Waals surface area contributed by atoms with Crippen molar-refractivity contribution in [3.05, 3.63) is 18.0 Å². The van der Waals surface area contributed by atoms with E-state index in [2.05, 4.69) is 36.1 Å². The number of nitrogens with one attached hydrogen (secondary N) is 1. The Hall–Kier alpha value is -1.27. The van der Waals surface area contributed by atoms with Crippen molar-refractivity contribution in [2.45, 2.75) is 33.9 Å². The van der Waals surface area contributed by atoms with Crippen molar-refractivity contribution < 1.29 is 0 Å². The maximum Gasteiger partial charge on any atom is 0.102 e. The zero-order valence-corrected chi connectivity index (χ0v) is 9.75. The summed E-state index contributed by atoms with van der Waals surface area (Å²) in [6.45, 7) is 8.78. The molecule has 0 unspecified atom stereocenters. The minimum absolute atomic E-state index is 0.679. The second-order valence-corrected chi connectivity index (χ2v) is 3.96. The van der Waals surface area contributed by atoms with Crippen LogP contribution >= 0.6 is 0 Å². The highest BCUT2D eigenvalue weighted by atomic mass is 15.3. The van der Waals surface area contributed by atoms with E-state index in [0.29, 0.717) is 12.5 Å². The number of hydrogen-bond acceptors (Lipinski definition) is 2. The van der Waals surface area contributed by atoms with Crippen molar-refractivity contribution >= 4 is 0 Å². The van der Waals surface area contributed by atoms with Crippen molar-refractivity contribution in [1.82, 2.24) is 15.1 Å². The smallest absolute Gasteiger partial charge is 0.102 e. The fourth-order valence-corrected chi connectivity index (χ4v) is 1.24. The van der Waals surface area contributed by atoms with Crippen LogP contribution in [0, 0.1) is 17.8 Å². The third-order valence-corrected chi connectivity index (χ3v) is 1.97. The third-order valence-electron chi connectivity index (χ3n) is 1.97. The van der Waals surface area contributed by atoms with Gasteiger partial charge in [-0.25, -0.2) is 0 Å². The highest BCUT2D eigenvalue weighted by molar-refractivity contribution is 5.01. The molecule has 0 fully saturated rings. The van der Waals surface area contributed by atoms with E-state index in [4.69, 9.17) is 0 Å². The van der Waals surface area contributed by atoms with Gasteiger partial charge in [0, 0.05) is 12.7 Å². The van der Waals surface area contributed by atoms with Gasteiger partial charge in [-0.15, -0.1) is 5.92 Å². The van der Waals surface area contributed by atoms with E-state index in [-0.39, 0.29) is 0 Å². The predicted molar refractivity (Wildman–Crippen MR) is 62.2 cm³/mol. The van der Waals surface area contributed by atoms with Crippen LogP contribution in [-0.2, 0) is 13.1 Å². The molecular weight excluding hydrogens is 186 g/mol. The van der Waals surface area contributed by atoms with Crippen LogP contribution < -0.4 is 5.32 Å². The molecule has 0 aliphatic carbocycles. The van der Waals surface area contributed by atoms with Crippen LogP contribution in [0.2, 0.25) is 0 Å². The molecule has 3 nitrogen and oxygen atoms in total. The maximum atomic E-state index is 4.40. The largest absolute Gasteiger partial charge is 0.311 e. The van der Waals surface area contributed by atoms with Crippen LogP contribution in [0.4, 0.5) is 0 Å². The van der Waals surface area contributed by atoms with E-state index in [1.165, 1.54) is 0 Å². The molecule has 0 radical (unpaired) electrons. The van der Waals surface area contributed by atoms with Gasteiger partial charge in [-0.2, -0.15) is 5.10 Å². The molecule has 0 spiro atoms. The molecule has 0 aromatic carbocycles. The van der Waals surface area contributed by atoms with E-state index in [9.17, 15) is 0 Å². The van der Waals surface area contributed by atoms with Gasteiger partial charge in [-0.3, -0.25) is 4.68 Å². The molecule has 0 atom stereocenters. The summed E-state index contributed by atoms with van der Waals surface area (Å²) in [6.07, 6.45) is 1.97. The van der Waals surface area contributed by atoms with Crippen LogP contribution in [-0.4, -0.2) is 16.3 Å². The normalized spacial score (nSPS) is 10.1. The van der Waals surface area contributed by atoms with Crippen LogP contribution in [0.1, 0.15) is 26.5 Å². The highest BCUT2D eigenvalue weighted by Gasteiger charge is 1.98. The Labute approximate surface area is 91.9 Å². The summed E-state index contributed by atoms with van der Waals surface area (Å²) in [5, 5.41) is 7.75. The lowest BCUT2D eigenvalue weighted by Crippen LogP contribution is -2.19. The van der Waals surface area contributed by atoms with E-state index in [1.807, 2.05) is 23.9 Å². The highest BCUT2D eigenvalue weighted by Crippen LogP contribution is 1.96. The number of rotatable bonds is 5. The quantitative estimate of drug-likeness (QED) is 0.741. The summed E-state index contributed by atoms with van der Waals surface area (Å²) in [4.78, 5) is 0. The van der Waals surface area contributed by atoms with Crippen molar-refractivity contribution in [2.75, 3.05) is 6.54 Å². The average Bonchev–Trinajstić information content (AvgIpc) is 2.62. The van der Waals surface area contributed by atoms with Crippen LogP contribution in [0.25, 0.3) is 0 Å². The molecule has 0 bridgehead atoms. The van der Waals surface area contributed by atoms with E-state index < -0.39 is 0 Å². The van der Waals surface area contributed by atoms with Crippen molar-refractivity contribution in [3.63, 3.8) is 0 Å². The summed E-state index contributed by atoms with van der Waals surface area (Å²) in [5.41, 5.74) is 1.08. The topological polar surface area (TPSA) is 29.9 Å². The lowest BCUT2D eigenvalue weighted by Gasteiger charge is -2.04. The summed E-state index contributed by atoms with van der Waals surface area (Å²) in [5.74, 6) is 6.52. The summed E-state index contributed by atoms with van der Waals surface area (Å²) in [6, 6.07) is 2.03. The van der Waals surface area contributed by atoms with Gasteiger partial charge >= 0.3 is 0 Å². The van der Waals surface area contributed by atoms with Gasteiger partial charge in [0.25, 0.3) is 0 Å². The Morgan fingerprint density at radius 1 is 1.53 bits per heavy atom. The molecule has 0 aliphatic rings. The fourth-order valence-electron chi connectivity index (χ4n) is 1.24. The molecule has 15 heavy (non-hydrogen) atoms. The summed E-state index contributed by atoms with van der Waals surface area (Å²) in [7, 11) is 0. The maximum absolute atomic E-state index is 4.40. The second-order valence-electron chi connectivity index (χ2n) is 3.96. The zero-order valence-electron chi connectivity index (χ0n) is 9.75. The van der Waals surface area contributed by atoms with Gasteiger partial charge in [0.15, 0.2) is 0 Å². The Morgan fingerprint density at radius 2 is 2.33 bits per heavy atom. The SMILES string of the molecule is CC#CCn1ccc(CNCC(C)C)n1. The summed E-state index contributed by atoms with van der Waals surface area (Å²) >= 11 is 0. The monoisotopic (exact) mass is 205 g/mol. The van der Waals surface area contributed by atoms with Crippen molar-refractivity contribution in [3.8, 4) is 11.8 Å². The molecule has 1 rings (SSSR count). The molecule has 1 aromatic heterocycles. The molecule has 0 amide bonds. The molecule has 0 saturated carbocycles. The molecular formula is C12H19N3. The lowest BCUT2D eigenvalue weighted by atomic mass is 10.2. The molecule has 0 saturated heterocycles. The van der Waals surface area contributed by atoms with Gasteiger partial charge in [-0.1, -0.05) is 19.8 Å². The van der Waals surface area contributed by atoms with Crippen LogP contribution in [0.3, 0.4) is 0 Å². The van der Waals surface area contributed by atoms with Gasteiger partial charge in [0.05, 0.1) is 5.69 Å². The molecule has 1 aromatic rings. The first-order valence-electron chi connectivity index (χ1n) is 5.35. The Balaban J connectivity index is 2.34. The molecule has 1 heterocycles. The summed E-state index contributed by atoms with van der Waals surface area (Å²) < 4.78 is 1.86. The first-order valence-corrected chi connectivity index (χ1v) is 5.35. The lowest BCUT2D eigenvalue weighted by molar-refractivity contribution is 0.544. The van der Waals surface area contributed by atoms with Crippen LogP contribution in [0.15, 0.2) is 12.3 Å². The third kappa shape index (κ3) is 4.66. The minimum atomic E-state index is 0.679. The average molecular weight is 205 g/mol. The van der Waals surface area contributed by atoms with Gasteiger partial charge < -0.3 is 5.32 Å². The van der Waals surface area contributed by atoms with E-state index in [1.54, 1.807) is 0 Å². The zero-order chi connectivity index (χ0) is 11.1. The molecule has 1 N–H and O–H groups in total. The molecule has 82 valence electrons. The Kier molecular flexibility index (Phi) is 4.92. The van der Waals surface area contributed by atoms with Crippen molar-refractivity contribution in [1.29, 1.82) is 0 Å². The molecule has 0 aliphatic heterocycles. The van der Waals surface area contributed by atoms with Gasteiger partial charge in [0.2, 0.25) is 0 Å². The number of nitrogens with zero attached hydrogens (tertiary/aromatic N) is 2. The second kappa shape index (κ2) is 6.26. The minimum Gasteiger partial charge on any atom is -0.311 e. The first-order chi connectivity index (χ1) is 7.22. The fraction of sp³-hybridized carbons (Fsp3) is 0.583. The Bertz CT molecular complexity index is 341. The first kappa shape index (κ1) is 11.8. The van der Waals surface area contributed by atoms with Crippen molar-refractivity contribution in [2.24, 2.45) is 5.92 Å². The van der Waals surface area contributed by atoms with Gasteiger partial charge in [-0.05, 0) is 25.5 Å². The number of hydrogen-bond donors (Lipinski definition) is 1. The number of aromatic nitrogens is 2. The van der Waals surface area contributed by atoms with E-state index >= 15 is 0 Å². The van der Waals surface area contributed by atoms with E-state index in [0.717, 1.165) is 18.8 Å². The van der Waals surface area contributed by atoms with Crippen LogP contribution in [0.5, 0.6) is 0 Å². The molecule has 3 heteroatoms. The predicted octanol–water partition coefficient (Wildman–Crippen LogP) is 1.65.